The van der Waals surface area contributed by atoms with Gasteiger partial charge in [-0.3, -0.25) is 0 Å². The highest BCUT2D eigenvalue weighted by molar-refractivity contribution is 5.00. The molecule has 1 spiro atoms. The van der Waals surface area contributed by atoms with Crippen LogP contribution in [0.2, 0.25) is 0 Å². The molecule has 1 aliphatic carbocycles. The number of rotatable bonds is 1. The summed E-state index contributed by atoms with van der Waals surface area (Å²) in [7, 11) is 0. The zero-order chi connectivity index (χ0) is 10.0. The van der Waals surface area contributed by atoms with Gasteiger partial charge in [0.1, 0.15) is 0 Å². The molecule has 0 bridgehead atoms. The summed E-state index contributed by atoms with van der Waals surface area (Å²) in [6.07, 6.45) is 7.13. The van der Waals surface area contributed by atoms with Gasteiger partial charge in [-0.1, -0.05) is 18.6 Å². The van der Waals surface area contributed by atoms with Crippen LogP contribution in [0.4, 0.5) is 0 Å². The Kier molecular flexibility index (Phi) is 2.93. The van der Waals surface area contributed by atoms with E-state index in [1.807, 2.05) is 6.92 Å². The number of hydrogen-bond acceptors (Lipinski definition) is 2. The molecule has 80 valence electrons. The minimum atomic E-state index is -0.250. The van der Waals surface area contributed by atoms with E-state index in [-0.39, 0.29) is 11.9 Å². The molecule has 1 unspecified atom stereocenters. The summed E-state index contributed by atoms with van der Waals surface area (Å²) < 4.78 is 11.9. The summed E-state index contributed by atoms with van der Waals surface area (Å²) in [4.78, 5) is 0. The van der Waals surface area contributed by atoms with E-state index in [1.165, 1.54) is 19.3 Å². The molecule has 0 amide bonds. The zero-order valence-corrected chi connectivity index (χ0v) is 9.05. The van der Waals surface area contributed by atoms with Gasteiger partial charge < -0.3 is 9.47 Å². The van der Waals surface area contributed by atoms with Crippen LogP contribution in [0.1, 0.15) is 45.4 Å². The molecule has 2 heteroatoms. The Morgan fingerprint density at radius 2 is 2.00 bits per heavy atom. The first kappa shape index (κ1) is 10.2. The third kappa shape index (κ3) is 2.01. The average molecular weight is 196 g/mol. The van der Waals surface area contributed by atoms with Crippen molar-refractivity contribution >= 4 is 0 Å². The van der Waals surface area contributed by atoms with Gasteiger partial charge in [0, 0.05) is 19.3 Å². The summed E-state index contributed by atoms with van der Waals surface area (Å²) in [5, 5.41) is 0. The highest BCUT2D eigenvalue weighted by Crippen LogP contribution is 2.37. The Balaban J connectivity index is 2.01. The zero-order valence-electron chi connectivity index (χ0n) is 9.05. The van der Waals surface area contributed by atoms with Crippen molar-refractivity contribution < 1.29 is 9.47 Å². The topological polar surface area (TPSA) is 18.5 Å². The molecule has 0 aromatic carbocycles. The van der Waals surface area contributed by atoms with Gasteiger partial charge in [-0.05, 0) is 19.8 Å². The molecule has 0 N–H and O–H groups in total. The van der Waals surface area contributed by atoms with Gasteiger partial charge >= 0.3 is 0 Å². The minimum Gasteiger partial charge on any atom is -0.350 e. The smallest absolute Gasteiger partial charge is 0.169 e. The molecule has 0 radical (unpaired) electrons. The first-order valence-corrected chi connectivity index (χ1v) is 5.69. The summed E-state index contributed by atoms with van der Waals surface area (Å²) >= 11 is 0. The fourth-order valence-corrected chi connectivity index (χ4v) is 2.40. The molecule has 0 aromatic heterocycles. The van der Waals surface area contributed by atoms with Crippen LogP contribution in [0, 0.1) is 0 Å². The molecule has 2 fully saturated rings. The van der Waals surface area contributed by atoms with Gasteiger partial charge in [0.25, 0.3) is 0 Å². The van der Waals surface area contributed by atoms with E-state index in [0.717, 1.165) is 31.4 Å². The molecule has 1 saturated carbocycles. The fraction of sp³-hybridized carbons (Fsp3) is 0.833. The van der Waals surface area contributed by atoms with Crippen molar-refractivity contribution in [3.8, 4) is 0 Å². The fourth-order valence-electron chi connectivity index (χ4n) is 2.40. The van der Waals surface area contributed by atoms with Crippen LogP contribution >= 0.6 is 0 Å². The van der Waals surface area contributed by atoms with Crippen LogP contribution < -0.4 is 0 Å². The molecule has 14 heavy (non-hydrogen) atoms. The van der Waals surface area contributed by atoms with Gasteiger partial charge in [-0.15, -0.1) is 0 Å². The lowest BCUT2D eigenvalue weighted by Crippen LogP contribution is -2.46. The van der Waals surface area contributed by atoms with Crippen LogP contribution in [-0.4, -0.2) is 18.5 Å². The lowest BCUT2D eigenvalue weighted by atomic mass is 9.92. The monoisotopic (exact) mass is 196 g/mol. The van der Waals surface area contributed by atoms with Crippen LogP contribution in [0.3, 0.4) is 0 Å². The Bertz CT molecular complexity index is 211. The Hall–Kier alpha value is -0.340. The maximum atomic E-state index is 6.05. The lowest BCUT2D eigenvalue weighted by Gasteiger charge is -2.43. The average Bonchev–Trinajstić information content (AvgIpc) is 2.19. The molecule has 1 heterocycles. The Labute approximate surface area is 86.3 Å². The van der Waals surface area contributed by atoms with Crippen molar-refractivity contribution in [1.29, 1.82) is 0 Å². The summed E-state index contributed by atoms with van der Waals surface area (Å²) in [5.74, 6) is -0.250. The molecule has 1 aliphatic heterocycles. The van der Waals surface area contributed by atoms with Crippen molar-refractivity contribution in [1.82, 2.24) is 0 Å². The van der Waals surface area contributed by atoms with Crippen LogP contribution in [0.5, 0.6) is 0 Å². The third-order valence-corrected chi connectivity index (χ3v) is 3.27. The predicted octanol–water partition coefficient (Wildman–Crippen LogP) is 3.03. The van der Waals surface area contributed by atoms with E-state index >= 15 is 0 Å². The standard InChI is InChI=1S/C12H20O2/c1-10(2)11-6-9-13-12(14-11)7-4-3-5-8-12/h11H,1,3-9H2,2H3. The SMILES string of the molecule is C=C(C)C1CCOC2(CCCCC2)O1. The Morgan fingerprint density at radius 3 is 2.64 bits per heavy atom. The minimum absolute atomic E-state index is 0.224. The second-order valence-electron chi connectivity index (χ2n) is 4.56. The number of ether oxygens (including phenoxy) is 2. The second kappa shape index (κ2) is 4.03. The largest absolute Gasteiger partial charge is 0.350 e. The molecule has 0 aromatic rings. The Morgan fingerprint density at radius 1 is 1.29 bits per heavy atom. The summed E-state index contributed by atoms with van der Waals surface area (Å²) in [6, 6.07) is 0. The van der Waals surface area contributed by atoms with Gasteiger partial charge in [0.05, 0.1) is 12.7 Å². The van der Waals surface area contributed by atoms with Crippen molar-refractivity contribution in [2.24, 2.45) is 0 Å². The first-order valence-electron chi connectivity index (χ1n) is 5.69. The lowest BCUT2D eigenvalue weighted by molar-refractivity contribution is -0.298. The van der Waals surface area contributed by atoms with E-state index in [9.17, 15) is 0 Å². The maximum Gasteiger partial charge on any atom is 0.169 e. The van der Waals surface area contributed by atoms with Crippen molar-refractivity contribution in [2.75, 3.05) is 6.61 Å². The van der Waals surface area contributed by atoms with Gasteiger partial charge in [0.2, 0.25) is 0 Å². The van der Waals surface area contributed by atoms with E-state index < -0.39 is 0 Å². The van der Waals surface area contributed by atoms with Crippen molar-refractivity contribution in [3.63, 3.8) is 0 Å². The van der Waals surface area contributed by atoms with E-state index in [4.69, 9.17) is 9.47 Å². The summed E-state index contributed by atoms with van der Waals surface area (Å²) in [6.45, 7) is 6.86. The summed E-state index contributed by atoms with van der Waals surface area (Å²) in [5.41, 5.74) is 1.14. The highest BCUT2D eigenvalue weighted by Gasteiger charge is 2.39. The van der Waals surface area contributed by atoms with Gasteiger partial charge in [-0.25, -0.2) is 0 Å². The second-order valence-corrected chi connectivity index (χ2v) is 4.56. The van der Waals surface area contributed by atoms with E-state index in [2.05, 4.69) is 6.58 Å². The van der Waals surface area contributed by atoms with Gasteiger partial charge in [-0.2, -0.15) is 0 Å². The molecule has 1 atom stereocenters. The van der Waals surface area contributed by atoms with Crippen molar-refractivity contribution in [3.05, 3.63) is 12.2 Å². The quantitative estimate of drug-likeness (QED) is 0.600. The third-order valence-electron chi connectivity index (χ3n) is 3.27. The van der Waals surface area contributed by atoms with Crippen LogP contribution in [-0.2, 0) is 9.47 Å². The van der Waals surface area contributed by atoms with Gasteiger partial charge in [0.15, 0.2) is 5.79 Å². The molecule has 2 nitrogen and oxygen atoms in total. The molecular formula is C12H20O2. The normalized spacial score (nSPS) is 31.6. The molecule has 2 aliphatic rings. The van der Waals surface area contributed by atoms with Crippen molar-refractivity contribution in [2.45, 2.75) is 57.3 Å². The van der Waals surface area contributed by atoms with E-state index in [1.54, 1.807) is 0 Å². The molecular weight excluding hydrogens is 176 g/mol. The first-order chi connectivity index (χ1) is 6.72. The molecule has 2 rings (SSSR count). The predicted molar refractivity (Wildman–Crippen MR) is 56.1 cm³/mol. The molecule has 1 saturated heterocycles. The maximum absolute atomic E-state index is 6.05. The van der Waals surface area contributed by atoms with Crippen LogP contribution in [0.15, 0.2) is 12.2 Å². The highest BCUT2D eigenvalue weighted by atomic mass is 16.7. The van der Waals surface area contributed by atoms with Crippen LogP contribution in [0.25, 0.3) is 0 Å². The number of hydrogen-bond donors (Lipinski definition) is 0. The van der Waals surface area contributed by atoms with E-state index in [0.29, 0.717) is 0 Å².